The highest BCUT2D eigenvalue weighted by atomic mass is 16.5. The molecule has 4 nitrogen and oxygen atoms in total. The first-order valence-electron chi connectivity index (χ1n) is 7.45. The van der Waals surface area contributed by atoms with Crippen molar-refractivity contribution in [3.05, 3.63) is 23.4 Å². The quantitative estimate of drug-likeness (QED) is 0.794. The second-order valence-electron chi connectivity index (χ2n) is 5.54. The van der Waals surface area contributed by atoms with Crippen molar-refractivity contribution in [2.45, 2.75) is 53.2 Å². The molecule has 1 aromatic heterocycles. The van der Waals surface area contributed by atoms with E-state index in [0.717, 1.165) is 24.6 Å². The zero-order valence-corrected chi connectivity index (χ0v) is 13.7. The lowest BCUT2D eigenvalue weighted by atomic mass is 10.2. The third-order valence-corrected chi connectivity index (χ3v) is 3.46. The fourth-order valence-electron chi connectivity index (χ4n) is 2.27. The Balaban J connectivity index is 2.83. The minimum absolute atomic E-state index is 0.330. The zero-order chi connectivity index (χ0) is 15.1. The van der Waals surface area contributed by atoms with Gasteiger partial charge in [-0.25, -0.2) is 4.98 Å². The predicted octanol–water partition coefficient (Wildman–Crippen LogP) is 2.75. The van der Waals surface area contributed by atoms with Gasteiger partial charge in [0.2, 0.25) is 0 Å². The molecule has 1 atom stereocenters. The molecule has 114 valence electrons. The maximum atomic E-state index is 5.25. The number of pyridine rings is 1. The summed E-state index contributed by atoms with van der Waals surface area (Å²) in [6.45, 7) is 13.2. The lowest BCUT2D eigenvalue weighted by Crippen LogP contribution is -2.36. The van der Waals surface area contributed by atoms with Gasteiger partial charge in [0, 0.05) is 31.9 Å². The van der Waals surface area contributed by atoms with Gasteiger partial charge in [-0.2, -0.15) is 0 Å². The van der Waals surface area contributed by atoms with E-state index in [4.69, 9.17) is 9.72 Å². The van der Waals surface area contributed by atoms with Crippen LogP contribution in [0.4, 0.5) is 5.82 Å². The molecular weight excluding hydrogens is 250 g/mol. The Morgan fingerprint density at radius 2 is 2.00 bits per heavy atom. The number of nitrogens with zero attached hydrogens (tertiary/aromatic N) is 2. The van der Waals surface area contributed by atoms with Crippen molar-refractivity contribution >= 4 is 5.82 Å². The fraction of sp³-hybridized carbons (Fsp3) is 0.688. The number of likely N-dealkylation sites (N-methyl/N-ethyl adjacent to an activating group) is 1. The Labute approximate surface area is 123 Å². The molecule has 1 unspecified atom stereocenters. The molecular formula is C16H29N3O. The smallest absolute Gasteiger partial charge is 0.129 e. The zero-order valence-electron chi connectivity index (χ0n) is 13.7. The molecule has 0 amide bonds. The van der Waals surface area contributed by atoms with Gasteiger partial charge in [-0.1, -0.05) is 19.9 Å². The van der Waals surface area contributed by atoms with Gasteiger partial charge in [0.05, 0.1) is 12.6 Å². The van der Waals surface area contributed by atoms with Crippen LogP contribution in [0.5, 0.6) is 0 Å². The molecule has 0 saturated heterocycles. The Morgan fingerprint density at radius 3 is 2.50 bits per heavy atom. The van der Waals surface area contributed by atoms with Gasteiger partial charge in [0.25, 0.3) is 0 Å². The number of nitrogens with one attached hydrogen (secondary N) is 1. The number of ether oxygens (including phenoxy) is 1. The van der Waals surface area contributed by atoms with Gasteiger partial charge in [-0.05, 0) is 32.4 Å². The normalized spacial score (nSPS) is 12.8. The van der Waals surface area contributed by atoms with Gasteiger partial charge in [-0.3, -0.25) is 0 Å². The highest BCUT2D eigenvalue weighted by Crippen LogP contribution is 2.17. The Bertz CT molecular complexity index is 407. The van der Waals surface area contributed by atoms with Crippen molar-refractivity contribution in [3.63, 3.8) is 0 Å². The van der Waals surface area contributed by atoms with Crippen LogP contribution in [-0.2, 0) is 11.3 Å². The van der Waals surface area contributed by atoms with Crippen LogP contribution in [-0.4, -0.2) is 37.3 Å². The second-order valence-corrected chi connectivity index (χ2v) is 5.54. The van der Waals surface area contributed by atoms with Crippen molar-refractivity contribution in [1.29, 1.82) is 0 Å². The number of aryl methyl sites for hydroxylation is 1. The summed E-state index contributed by atoms with van der Waals surface area (Å²) in [6, 6.07) is 5.11. The molecule has 0 saturated carbocycles. The average Bonchev–Trinajstić information content (AvgIpc) is 2.38. The number of anilines is 1. The number of rotatable bonds is 8. The fourth-order valence-corrected chi connectivity index (χ4v) is 2.27. The molecule has 0 radical (unpaired) electrons. The minimum Gasteiger partial charge on any atom is -0.383 e. The number of aromatic nitrogens is 1. The van der Waals surface area contributed by atoms with E-state index in [1.165, 1.54) is 5.56 Å². The van der Waals surface area contributed by atoms with E-state index < -0.39 is 0 Å². The Kier molecular flexibility index (Phi) is 6.96. The summed E-state index contributed by atoms with van der Waals surface area (Å²) >= 11 is 0. The molecule has 0 spiro atoms. The maximum absolute atomic E-state index is 5.25. The predicted molar refractivity (Wildman–Crippen MR) is 85.3 cm³/mol. The van der Waals surface area contributed by atoms with Crippen molar-refractivity contribution in [1.82, 2.24) is 10.3 Å². The summed E-state index contributed by atoms with van der Waals surface area (Å²) in [5.74, 6) is 1.03. The molecule has 1 aromatic rings. The molecule has 0 aliphatic rings. The third kappa shape index (κ3) is 4.76. The molecule has 1 rings (SSSR count). The maximum Gasteiger partial charge on any atom is 0.129 e. The summed E-state index contributed by atoms with van der Waals surface area (Å²) in [6.07, 6.45) is 0. The third-order valence-electron chi connectivity index (χ3n) is 3.46. The number of hydrogen-bond acceptors (Lipinski definition) is 4. The largest absolute Gasteiger partial charge is 0.383 e. The molecule has 0 aromatic carbocycles. The van der Waals surface area contributed by atoms with E-state index in [1.54, 1.807) is 7.11 Å². The van der Waals surface area contributed by atoms with Crippen LogP contribution in [0, 0.1) is 6.92 Å². The van der Waals surface area contributed by atoms with Gasteiger partial charge in [0.15, 0.2) is 0 Å². The SMILES string of the molecule is CCN(c1ccc(CNC(C)C)c(C)n1)C(C)COC. The number of methoxy groups -OCH3 is 1. The van der Waals surface area contributed by atoms with Crippen LogP contribution in [0.2, 0.25) is 0 Å². The van der Waals surface area contributed by atoms with Crippen LogP contribution in [0.25, 0.3) is 0 Å². The monoisotopic (exact) mass is 279 g/mol. The molecule has 4 heteroatoms. The molecule has 0 aliphatic heterocycles. The van der Waals surface area contributed by atoms with Crippen LogP contribution in [0.15, 0.2) is 12.1 Å². The van der Waals surface area contributed by atoms with Crippen molar-refractivity contribution in [3.8, 4) is 0 Å². The van der Waals surface area contributed by atoms with E-state index in [2.05, 4.69) is 57.0 Å². The first-order valence-corrected chi connectivity index (χ1v) is 7.45. The average molecular weight is 279 g/mol. The van der Waals surface area contributed by atoms with E-state index in [0.29, 0.717) is 18.7 Å². The van der Waals surface area contributed by atoms with E-state index in [9.17, 15) is 0 Å². The standard InChI is InChI=1S/C16H29N3O/c1-7-19(13(4)11-20-6)16-9-8-15(14(5)18-16)10-17-12(2)3/h8-9,12-13,17H,7,10-11H2,1-6H3. The lowest BCUT2D eigenvalue weighted by Gasteiger charge is -2.29. The van der Waals surface area contributed by atoms with Gasteiger partial charge >= 0.3 is 0 Å². The van der Waals surface area contributed by atoms with Crippen LogP contribution < -0.4 is 10.2 Å². The summed E-state index contributed by atoms with van der Waals surface area (Å²) in [4.78, 5) is 7.03. The first-order chi connectivity index (χ1) is 9.49. The summed E-state index contributed by atoms with van der Waals surface area (Å²) in [7, 11) is 1.74. The van der Waals surface area contributed by atoms with Gasteiger partial charge < -0.3 is 15.0 Å². The van der Waals surface area contributed by atoms with E-state index in [-0.39, 0.29) is 0 Å². The lowest BCUT2D eigenvalue weighted by molar-refractivity contribution is 0.181. The number of hydrogen-bond donors (Lipinski definition) is 1. The second kappa shape index (κ2) is 8.22. The molecule has 0 fully saturated rings. The summed E-state index contributed by atoms with van der Waals surface area (Å²) < 4.78 is 5.25. The van der Waals surface area contributed by atoms with Crippen molar-refractivity contribution in [2.75, 3.05) is 25.2 Å². The topological polar surface area (TPSA) is 37.4 Å². The van der Waals surface area contributed by atoms with Crippen LogP contribution in [0.3, 0.4) is 0 Å². The van der Waals surface area contributed by atoms with Crippen LogP contribution >= 0.6 is 0 Å². The summed E-state index contributed by atoms with van der Waals surface area (Å²) in [5.41, 5.74) is 2.36. The Morgan fingerprint density at radius 1 is 1.30 bits per heavy atom. The highest BCUT2D eigenvalue weighted by molar-refractivity contribution is 5.42. The van der Waals surface area contributed by atoms with Crippen molar-refractivity contribution < 1.29 is 4.74 Å². The molecule has 20 heavy (non-hydrogen) atoms. The highest BCUT2D eigenvalue weighted by Gasteiger charge is 2.14. The molecule has 1 N–H and O–H groups in total. The van der Waals surface area contributed by atoms with Gasteiger partial charge in [0.1, 0.15) is 5.82 Å². The minimum atomic E-state index is 0.330. The molecule has 0 aliphatic carbocycles. The van der Waals surface area contributed by atoms with E-state index >= 15 is 0 Å². The molecule has 0 bridgehead atoms. The van der Waals surface area contributed by atoms with Gasteiger partial charge in [-0.15, -0.1) is 0 Å². The summed E-state index contributed by atoms with van der Waals surface area (Å²) in [5, 5.41) is 3.43. The molecule has 1 heterocycles. The van der Waals surface area contributed by atoms with Crippen LogP contribution in [0.1, 0.15) is 39.0 Å². The Hall–Kier alpha value is -1.13. The van der Waals surface area contributed by atoms with Crippen molar-refractivity contribution in [2.24, 2.45) is 0 Å². The van der Waals surface area contributed by atoms with E-state index in [1.807, 2.05) is 0 Å². The first kappa shape index (κ1) is 16.9.